The maximum atomic E-state index is 11.3. The number of nitriles is 1. The van der Waals surface area contributed by atoms with Gasteiger partial charge in [0.05, 0.1) is 6.26 Å². The molecular formula is C17H13N3O2. The van der Waals surface area contributed by atoms with Crippen LogP contribution in [0.2, 0.25) is 0 Å². The molecular weight excluding hydrogens is 278 g/mol. The number of hydrogen-bond donors (Lipinski definition) is 1. The number of nitrogens with two attached hydrogens (primary N) is 1. The summed E-state index contributed by atoms with van der Waals surface area (Å²) < 4.78 is 6.95. The van der Waals surface area contributed by atoms with Gasteiger partial charge >= 0.3 is 0 Å². The van der Waals surface area contributed by atoms with Gasteiger partial charge in [0.2, 0.25) is 0 Å². The molecule has 2 N–H and O–H groups in total. The van der Waals surface area contributed by atoms with E-state index in [1.807, 2.05) is 41.9 Å². The first-order valence-electron chi connectivity index (χ1n) is 6.65. The Labute approximate surface area is 127 Å². The Hall–Kier alpha value is -3.26. The zero-order valence-corrected chi connectivity index (χ0v) is 11.9. The van der Waals surface area contributed by atoms with Crippen LogP contribution in [-0.2, 0) is 7.05 Å². The average molecular weight is 291 g/mol. The third kappa shape index (κ3) is 2.17. The second-order valence-electron chi connectivity index (χ2n) is 4.88. The zero-order valence-electron chi connectivity index (χ0n) is 11.9. The van der Waals surface area contributed by atoms with E-state index in [2.05, 4.69) is 6.07 Å². The van der Waals surface area contributed by atoms with E-state index in [0.717, 1.165) is 16.8 Å². The summed E-state index contributed by atoms with van der Waals surface area (Å²) in [5.41, 5.74) is 9.34. The number of rotatable bonds is 3. The van der Waals surface area contributed by atoms with E-state index in [0.29, 0.717) is 11.3 Å². The number of nitrogens with zero attached hydrogens (tertiary/aromatic N) is 2. The van der Waals surface area contributed by atoms with Gasteiger partial charge in [0.25, 0.3) is 5.91 Å². The van der Waals surface area contributed by atoms with Crippen molar-refractivity contribution in [2.45, 2.75) is 0 Å². The van der Waals surface area contributed by atoms with E-state index in [-0.39, 0.29) is 5.76 Å². The predicted molar refractivity (Wildman–Crippen MR) is 81.8 cm³/mol. The maximum absolute atomic E-state index is 11.3. The average Bonchev–Trinajstić information content (AvgIpc) is 3.14. The number of carbonyl (C=O) groups excluding carboxylic acids is 1. The van der Waals surface area contributed by atoms with E-state index in [9.17, 15) is 4.79 Å². The van der Waals surface area contributed by atoms with E-state index >= 15 is 0 Å². The molecule has 0 unspecified atom stereocenters. The molecule has 3 aromatic rings. The van der Waals surface area contributed by atoms with Crippen molar-refractivity contribution >= 4 is 5.91 Å². The maximum Gasteiger partial charge on any atom is 0.285 e. The molecule has 1 aromatic carbocycles. The highest BCUT2D eigenvalue weighted by Crippen LogP contribution is 2.28. The topological polar surface area (TPSA) is 84.9 Å². The fraction of sp³-hybridized carbons (Fsp3) is 0.0588. The highest BCUT2D eigenvalue weighted by molar-refractivity contribution is 5.97. The lowest BCUT2D eigenvalue weighted by atomic mass is 10.0. The highest BCUT2D eigenvalue weighted by Gasteiger charge is 2.14. The molecule has 0 spiro atoms. The molecule has 0 aliphatic rings. The highest BCUT2D eigenvalue weighted by atomic mass is 16.3. The van der Waals surface area contributed by atoms with E-state index in [1.54, 1.807) is 12.1 Å². The number of carbonyl (C=O) groups is 1. The van der Waals surface area contributed by atoms with E-state index in [4.69, 9.17) is 15.4 Å². The third-order valence-electron chi connectivity index (χ3n) is 3.62. The van der Waals surface area contributed by atoms with Crippen LogP contribution < -0.4 is 5.73 Å². The SMILES string of the molecule is Cn1c(C#N)ccc1-c1ccc(-c2ccoc2C(N)=O)cc1. The van der Waals surface area contributed by atoms with Crippen LogP contribution in [0.25, 0.3) is 22.4 Å². The van der Waals surface area contributed by atoms with Gasteiger partial charge in [-0.1, -0.05) is 24.3 Å². The minimum Gasteiger partial charge on any atom is -0.459 e. The van der Waals surface area contributed by atoms with Crippen LogP contribution in [0.4, 0.5) is 0 Å². The minimum absolute atomic E-state index is 0.151. The Morgan fingerprint density at radius 2 is 1.82 bits per heavy atom. The van der Waals surface area contributed by atoms with Crippen molar-refractivity contribution in [3.63, 3.8) is 0 Å². The lowest BCUT2D eigenvalue weighted by molar-refractivity contribution is 0.0975. The largest absolute Gasteiger partial charge is 0.459 e. The molecule has 5 heteroatoms. The second kappa shape index (κ2) is 5.26. The molecule has 0 radical (unpaired) electrons. The van der Waals surface area contributed by atoms with Gasteiger partial charge in [-0.05, 0) is 29.3 Å². The third-order valence-corrected chi connectivity index (χ3v) is 3.62. The molecule has 0 fully saturated rings. The first kappa shape index (κ1) is 13.7. The summed E-state index contributed by atoms with van der Waals surface area (Å²) in [6.45, 7) is 0. The smallest absolute Gasteiger partial charge is 0.285 e. The first-order chi connectivity index (χ1) is 10.6. The van der Waals surface area contributed by atoms with Gasteiger partial charge in [0.15, 0.2) is 5.76 Å². The van der Waals surface area contributed by atoms with Crippen LogP contribution in [-0.4, -0.2) is 10.5 Å². The van der Waals surface area contributed by atoms with E-state index < -0.39 is 5.91 Å². The van der Waals surface area contributed by atoms with Gasteiger partial charge in [-0.2, -0.15) is 5.26 Å². The quantitative estimate of drug-likeness (QED) is 0.805. The molecule has 0 saturated carbocycles. The summed E-state index contributed by atoms with van der Waals surface area (Å²) in [4.78, 5) is 11.3. The van der Waals surface area contributed by atoms with Gasteiger partial charge in [0, 0.05) is 18.3 Å². The number of amides is 1. The Morgan fingerprint density at radius 3 is 2.41 bits per heavy atom. The molecule has 22 heavy (non-hydrogen) atoms. The Bertz CT molecular complexity index is 880. The summed E-state index contributed by atoms with van der Waals surface area (Å²) >= 11 is 0. The van der Waals surface area contributed by atoms with Crippen LogP contribution in [0.5, 0.6) is 0 Å². The summed E-state index contributed by atoms with van der Waals surface area (Å²) in [5.74, 6) is -0.441. The lowest BCUT2D eigenvalue weighted by Gasteiger charge is -2.06. The Morgan fingerprint density at radius 1 is 1.14 bits per heavy atom. The summed E-state index contributed by atoms with van der Waals surface area (Å²) in [6.07, 6.45) is 1.44. The molecule has 2 aromatic heterocycles. The normalized spacial score (nSPS) is 10.4. The van der Waals surface area contributed by atoms with Crippen LogP contribution in [0, 0.1) is 11.3 Å². The van der Waals surface area contributed by atoms with Crippen LogP contribution >= 0.6 is 0 Å². The van der Waals surface area contributed by atoms with Crippen molar-refractivity contribution in [1.29, 1.82) is 5.26 Å². The summed E-state index contributed by atoms with van der Waals surface area (Å²) in [5, 5.41) is 9.01. The number of benzene rings is 1. The molecule has 0 aliphatic carbocycles. The van der Waals surface area contributed by atoms with Gasteiger partial charge < -0.3 is 14.7 Å². The molecule has 1 amide bonds. The monoisotopic (exact) mass is 291 g/mol. The van der Waals surface area contributed by atoms with Gasteiger partial charge in [-0.25, -0.2) is 0 Å². The van der Waals surface area contributed by atoms with Crippen molar-refractivity contribution in [2.24, 2.45) is 12.8 Å². The predicted octanol–water partition coefficient (Wildman–Crippen LogP) is 2.92. The fourth-order valence-electron chi connectivity index (χ4n) is 2.46. The molecule has 0 bridgehead atoms. The number of furan rings is 1. The Balaban J connectivity index is 1.99. The minimum atomic E-state index is -0.592. The van der Waals surface area contributed by atoms with Crippen LogP contribution in [0.3, 0.4) is 0 Å². The zero-order chi connectivity index (χ0) is 15.7. The van der Waals surface area contributed by atoms with Crippen molar-refractivity contribution in [1.82, 2.24) is 4.57 Å². The molecule has 0 saturated heterocycles. The van der Waals surface area contributed by atoms with Gasteiger partial charge in [-0.3, -0.25) is 4.79 Å². The van der Waals surface area contributed by atoms with Crippen LogP contribution in [0.15, 0.2) is 53.1 Å². The molecule has 0 atom stereocenters. The van der Waals surface area contributed by atoms with Crippen molar-refractivity contribution in [2.75, 3.05) is 0 Å². The van der Waals surface area contributed by atoms with Gasteiger partial charge in [-0.15, -0.1) is 0 Å². The van der Waals surface area contributed by atoms with E-state index in [1.165, 1.54) is 6.26 Å². The number of primary amides is 1. The Kier molecular flexibility index (Phi) is 3.28. The summed E-state index contributed by atoms with van der Waals surface area (Å²) in [6, 6.07) is 15.2. The molecule has 108 valence electrons. The van der Waals surface area contributed by atoms with Crippen molar-refractivity contribution in [3.05, 3.63) is 60.2 Å². The molecule has 2 heterocycles. The van der Waals surface area contributed by atoms with Crippen molar-refractivity contribution < 1.29 is 9.21 Å². The van der Waals surface area contributed by atoms with Crippen LogP contribution in [0.1, 0.15) is 16.2 Å². The second-order valence-corrected chi connectivity index (χ2v) is 4.88. The van der Waals surface area contributed by atoms with Crippen molar-refractivity contribution in [3.8, 4) is 28.5 Å². The lowest BCUT2D eigenvalue weighted by Crippen LogP contribution is -2.10. The first-order valence-corrected chi connectivity index (χ1v) is 6.65. The molecule has 5 nitrogen and oxygen atoms in total. The summed E-state index contributed by atoms with van der Waals surface area (Å²) in [7, 11) is 1.85. The number of hydrogen-bond acceptors (Lipinski definition) is 3. The molecule has 3 rings (SSSR count). The van der Waals surface area contributed by atoms with Gasteiger partial charge in [0.1, 0.15) is 11.8 Å². The number of aromatic nitrogens is 1. The standard InChI is InChI=1S/C17H13N3O2/c1-20-13(10-18)6-7-15(20)12-4-2-11(3-5-12)14-8-9-22-16(14)17(19)21/h2-9H,1H3,(H2,19,21). The fourth-order valence-corrected chi connectivity index (χ4v) is 2.46. The molecule has 0 aliphatic heterocycles.